The molecule has 3 aromatic rings. The number of nitrogens with zero attached hydrogens (tertiary/aromatic N) is 7. The molecular formula is C39H57Cl5N9O9P. The molecule has 0 saturated carbocycles. The molecule has 63 heavy (non-hydrogen) atoms. The van der Waals surface area contributed by atoms with E-state index in [0.29, 0.717) is 34.9 Å². The Morgan fingerprint density at radius 1 is 0.619 bits per heavy atom. The predicted molar refractivity (Wildman–Crippen MR) is 246 cm³/mol. The molecule has 0 spiro atoms. The fourth-order valence-corrected chi connectivity index (χ4v) is 8.09. The highest BCUT2D eigenvalue weighted by Gasteiger charge is 2.36. The van der Waals surface area contributed by atoms with Gasteiger partial charge in [-0.05, 0) is 125 Å². The molecule has 352 valence electrons. The molecule has 6 aliphatic heterocycles. The number of aromatic nitrogens is 6. The summed E-state index contributed by atoms with van der Waals surface area (Å²) in [6, 6.07) is 5.34. The average Bonchev–Trinajstić information content (AvgIpc) is 3.81. The van der Waals surface area contributed by atoms with Crippen LogP contribution in [0.25, 0.3) is 0 Å². The molecule has 3 aromatic heterocycles. The van der Waals surface area contributed by atoms with E-state index < -0.39 is 10.9 Å². The lowest BCUT2D eigenvalue weighted by Crippen LogP contribution is -2.43. The molecule has 6 bridgehead atoms. The highest BCUT2D eigenvalue weighted by molar-refractivity contribution is 8.24. The van der Waals surface area contributed by atoms with E-state index >= 15 is 0 Å². The van der Waals surface area contributed by atoms with Gasteiger partial charge in [-0.1, -0.05) is 11.6 Å². The van der Waals surface area contributed by atoms with Gasteiger partial charge in [0.2, 0.25) is 17.0 Å². The van der Waals surface area contributed by atoms with Crippen LogP contribution in [-0.4, -0.2) is 129 Å². The number of aromatic amines is 2. The molecule has 0 aromatic carbocycles. The molecule has 6 unspecified atom stereocenters. The Labute approximate surface area is 391 Å². The number of hydrogen-bond acceptors (Lipinski definition) is 16. The second-order valence-corrected chi connectivity index (χ2v) is 23.9. The molecule has 6 atom stereocenters. The second-order valence-electron chi connectivity index (χ2n) is 16.5. The monoisotopic (exact) mass is 1000 g/mol. The van der Waals surface area contributed by atoms with Crippen LogP contribution in [0.15, 0.2) is 27.8 Å². The highest BCUT2D eigenvalue weighted by Crippen LogP contribution is 2.61. The highest BCUT2D eigenvalue weighted by atomic mass is 36.0. The van der Waals surface area contributed by atoms with Crippen LogP contribution in [0.2, 0.25) is 10.4 Å². The van der Waals surface area contributed by atoms with E-state index in [1.165, 1.54) is 0 Å². The smallest absolute Gasteiger partial charge is 0.349 e. The van der Waals surface area contributed by atoms with Gasteiger partial charge >= 0.3 is 16.6 Å². The largest absolute Gasteiger partial charge is 0.475 e. The van der Waals surface area contributed by atoms with Gasteiger partial charge < -0.3 is 43.5 Å². The number of halogens is 5. The maximum atomic E-state index is 11.6. The number of ether oxygens (including phenoxy) is 5. The van der Waals surface area contributed by atoms with Crippen LogP contribution >= 0.6 is 62.1 Å². The summed E-state index contributed by atoms with van der Waals surface area (Å²) in [7, 11) is 0. The average molecular weight is 1000 g/mol. The number of nitrogens with one attached hydrogen (secondary N) is 2. The fourth-order valence-electron chi connectivity index (χ4n) is 7.74. The summed E-state index contributed by atoms with van der Waals surface area (Å²) in [5.74, 6) is 3.16. The quantitative estimate of drug-likeness (QED) is 0.121. The Hall–Kier alpha value is -2.64. The number of hydrogen-bond donors (Lipinski definition) is 3. The maximum absolute atomic E-state index is 11.6. The van der Waals surface area contributed by atoms with Crippen molar-refractivity contribution in [2.75, 3.05) is 54.0 Å². The molecule has 9 heterocycles. The number of aliphatic hydroxyl groups is 1. The van der Waals surface area contributed by atoms with E-state index in [2.05, 4.69) is 78.3 Å². The minimum atomic E-state index is -3.22. The first-order chi connectivity index (χ1) is 29.6. The standard InChI is InChI=1S/C13H18ClN3O2.C13H19N3O3.C10H12ClN3O2.C3H8O.Cl3OP/c1-8(2)18-12-5-11(15-13(14)16-12)17-6-9-3-4-10(7-17)19-9;1-8(2)18-12-5-11(14-13(17)15-12)16-6-9-3-4-10(7-16)19-9;11-8-3-9(13-10(15)12-8)14-4-6-1-2-7(5-14)16-6;1-3(2)4;1-5(2,3)4/h5,8-10H,3-4,6-7H2,1-2H3;5,8-10H,3-4,6-7H2,1-2H3,(H,14,15,17);3,6-7H,1-2,4-5H2,(H,12,13,15);3-4H,1-2H3;. The van der Waals surface area contributed by atoms with Crippen LogP contribution in [0.4, 0.5) is 17.5 Å². The summed E-state index contributed by atoms with van der Waals surface area (Å²) in [5.41, 5.74) is -0.770. The Morgan fingerprint density at radius 3 is 1.38 bits per heavy atom. The van der Waals surface area contributed by atoms with Crippen molar-refractivity contribution in [3.63, 3.8) is 0 Å². The molecule has 0 radical (unpaired) electrons. The lowest BCUT2D eigenvalue weighted by atomic mass is 10.2. The molecule has 0 amide bonds. The number of rotatable bonds is 7. The number of fused-ring (bicyclic) bond motifs is 6. The number of H-pyrrole nitrogens is 2. The zero-order valence-corrected chi connectivity index (χ0v) is 40.8. The number of anilines is 3. The van der Waals surface area contributed by atoms with Crippen LogP contribution in [0.1, 0.15) is 80.1 Å². The molecule has 3 N–H and O–H groups in total. The second kappa shape index (κ2) is 23.7. The van der Waals surface area contributed by atoms with Crippen LogP contribution < -0.4 is 35.6 Å². The van der Waals surface area contributed by atoms with Gasteiger partial charge in [0.25, 0.3) is 0 Å². The van der Waals surface area contributed by atoms with Crippen molar-refractivity contribution >= 4 is 79.6 Å². The molecule has 18 nitrogen and oxygen atoms in total. The third-order valence-corrected chi connectivity index (χ3v) is 10.3. The lowest BCUT2D eigenvalue weighted by Gasteiger charge is -2.33. The van der Waals surface area contributed by atoms with Crippen LogP contribution in [0.5, 0.6) is 11.8 Å². The summed E-state index contributed by atoms with van der Waals surface area (Å²) in [6.07, 6.45) is 8.33. The minimum absolute atomic E-state index is 0.00280. The van der Waals surface area contributed by atoms with Crippen LogP contribution in [-0.2, 0) is 18.8 Å². The van der Waals surface area contributed by atoms with Gasteiger partial charge in [0.1, 0.15) is 22.6 Å². The normalized spacial score (nSPS) is 24.4. The van der Waals surface area contributed by atoms with Gasteiger partial charge in [0.15, 0.2) is 0 Å². The van der Waals surface area contributed by atoms with Gasteiger partial charge in [0.05, 0.1) is 48.8 Å². The third-order valence-electron chi connectivity index (χ3n) is 9.90. The molecule has 6 saturated heterocycles. The topological polar surface area (TPSA) is 210 Å². The van der Waals surface area contributed by atoms with E-state index in [0.717, 1.165) is 89.4 Å². The van der Waals surface area contributed by atoms with E-state index in [1.807, 2.05) is 33.8 Å². The Bertz CT molecular complexity index is 2050. The molecule has 0 aliphatic carbocycles. The van der Waals surface area contributed by atoms with E-state index in [1.54, 1.807) is 26.0 Å². The molecule has 6 fully saturated rings. The fraction of sp³-hybridized carbons (Fsp3) is 0.692. The maximum Gasteiger partial charge on any atom is 0.349 e. The van der Waals surface area contributed by atoms with Gasteiger partial charge in [-0.25, -0.2) is 14.6 Å². The first-order valence-corrected chi connectivity index (χ1v) is 26.2. The number of aliphatic hydroxyl groups excluding tert-OH is 1. The SMILES string of the molecule is CC(C)O.CC(C)Oc1cc(N2CC3CCC(C2)O3)[nH]c(=O)n1.CC(C)Oc1cc(N2CC3CCC(C2)O3)nc(Cl)n1.O=P(Cl)(Cl)Cl.O=c1nc(N2CC3CCC(C2)O3)cc(Cl)[nH]1. The molecule has 6 aliphatic rings. The summed E-state index contributed by atoms with van der Waals surface area (Å²) in [6.45, 7) is 16.2. The van der Waals surface area contributed by atoms with E-state index in [-0.39, 0.29) is 53.7 Å². The van der Waals surface area contributed by atoms with Gasteiger partial charge in [-0.2, -0.15) is 15.0 Å². The summed E-state index contributed by atoms with van der Waals surface area (Å²) in [4.78, 5) is 50.7. The summed E-state index contributed by atoms with van der Waals surface area (Å²) < 4.78 is 38.0. The summed E-state index contributed by atoms with van der Waals surface area (Å²) >= 11 is 25.6. The van der Waals surface area contributed by atoms with Crippen molar-refractivity contribution in [1.82, 2.24) is 29.9 Å². The van der Waals surface area contributed by atoms with Crippen molar-refractivity contribution in [3.05, 3.63) is 49.6 Å². The molecular weight excluding hydrogens is 947 g/mol. The first kappa shape index (κ1) is 51.3. The predicted octanol–water partition coefficient (Wildman–Crippen LogP) is 7.20. The molecule has 24 heteroatoms. The third kappa shape index (κ3) is 17.9. The van der Waals surface area contributed by atoms with Crippen LogP contribution in [0, 0.1) is 0 Å². The van der Waals surface area contributed by atoms with E-state index in [4.69, 9.17) is 52.0 Å². The van der Waals surface area contributed by atoms with Crippen molar-refractivity contribution in [2.24, 2.45) is 0 Å². The van der Waals surface area contributed by atoms with Crippen molar-refractivity contribution < 1.29 is 33.4 Å². The Kier molecular flexibility index (Phi) is 19.3. The van der Waals surface area contributed by atoms with E-state index in [9.17, 15) is 14.2 Å². The Balaban J connectivity index is 0.000000163. The van der Waals surface area contributed by atoms with Crippen molar-refractivity contribution in [1.29, 1.82) is 0 Å². The summed E-state index contributed by atoms with van der Waals surface area (Å²) in [5, 5.41) is 5.39. The van der Waals surface area contributed by atoms with Gasteiger partial charge in [0, 0.05) is 63.6 Å². The van der Waals surface area contributed by atoms with Crippen molar-refractivity contribution in [2.45, 2.75) is 135 Å². The van der Waals surface area contributed by atoms with Crippen LogP contribution in [0.3, 0.4) is 0 Å². The minimum Gasteiger partial charge on any atom is -0.475 e. The van der Waals surface area contributed by atoms with Gasteiger partial charge in [-0.15, -0.1) is 0 Å². The first-order valence-electron chi connectivity index (χ1n) is 21.0. The zero-order valence-electron chi connectivity index (χ0n) is 36.1. The lowest BCUT2D eigenvalue weighted by molar-refractivity contribution is 0.0300. The zero-order chi connectivity index (χ0) is 46.0. The molecule has 9 rings (SSSR count). The Morgan fingerprint density at radius 2 is 0.984 bits per heavy atom. The van der Waals surface area contributed by atoms with Gasteiger partial charge in [-0.3, -0.25) is 14.5 Å². The number of morpholine rings is 3. The van der Waals surface area contributed by atoms with Crippen molar-refractivity contribution in [3.8, 4) is 11.8 Å².